The minimum absolute atomic E-state index is 0.477. The van der Waals surface area contributed by atoms with Crippen LogP contribution in [0.25, 0.3) is 0 Å². The largest absolute Gasteiger partial charge is 0.478 e. The molecule has 1 N–H and O–H groups in total. The number of halogens is 4. The van der Waals surface area contributed by atoms with Gasteiger partial charge in [0.1, 0.15) is 11.1 Å². The van der Waals surface area contributed by atoms with Crippen molar-refractivity contribution in [1.29, 1.82) is 0 Å². The van der Waals surface area contributed by atoms with Gasteiger partial charge in [-0.25, -0.2) is 18.4 Å². The third kappa shape index (κ3) is 3.17. The van der Waals surface area contributed by atoms with Gasteiger partial charge in [0.2, 0.25) is 0 Å². The summed E-state index contributed by atoms with van der Waals surface area (Å²) in [6.45, 7) is 3.36. The second kappa shape index (κ2) is 6.62. The molecule has 0 saturated carbocycles. The Morgan fingerprint density at radius 2 is 1.65 bits per heavy atom. The Kier molecular flexibility index (Phi) is 5.64. The molecule has 20 heavy (non-hydrogen) atoms. The molecule has 0 fully saturated rings. The molecule has 110 valence electrons. The van der Waals surface area contributed by atoms with Gasteiger partial charge in [0, 0.05) is 0 Å². The normalized spacial score (nSPS) is 12.1. The Hall–Kier alpha value is -1.02. The number of carbonyl (C=O) groups excluding carboxylic acids is 1. The molecule has 1 rings (SSSR count). The topological polar surface area (TPSA) is 63.6 Å². The minimum Gasteiger partial charge on any atom is -0.478 e. The molecule has 1 atom stereocenters. The lowest BCUT2D eigenvalue weighted by Gasteiger charge is -2.14. The number of esters is 1. The van der Waals surface area contributed by atoms with Crippen LogP contribution in [-0.2, 0) is 4.74 Å². The predicted molar refractivity (Wildman–Crippen MR) is 73.9 cm³/mol. The molecule has 0 radical (unpaired) electrons. The van der Waals surface area contributed by atoms with Gasteiger partial charge < -0.3 is 9.84 Å². The van der Waals surface area contributed by atoms with Gasteiger partial charge in [0.25, 0.3) is 0 Å². The monoisotopic (exact) mass is 414 g/mol. The number of carboxylic acids is 1. The van der Waals surface area contributed by atoms with Crippen molar-refractivity contribution in [2.24, 2.45) is 0 Å². The molecule has 0 amide bonds. The maximum atomic E-state index is 14.1. The van der Waals surface area contributed by atoms with Crippen molar-refractivity contribution in [3.63, 3.8) is 0 Å². The van der Waals surface area contributed by atoms with E-state index in [1.54, 1.807) is 13.8 Å². The van der Waals surface area contributed by atoms with Crippen LogP contribution in [0, 0.1) is 11.6 Å². The van der Waals surface area contributed by atoms with Gasteiger partial charge in [-0.1, -0.05) is 6.92 Å². The number of rotatable bonds is 4. The molecule has 0 heterocycles. The fraction of sp³-hybridized carbons (Fsp3) is 0.333. The van der Waals surface area contributed by atoms with E-state index in [1.807, 2.05) is 0 Å². The van der Waals surface area contributed by atoms with Crippen LogP contribution in [0.2, 0.25) is 0 Å². The van der Waals surface area contributed by atoms with E-state index < -0.39 is 49.7 Å². The number of hydrogen-bond acceptors (Lipinski definition) is 3. The molecule has 8 heteroatoms. The van der Waals surface area contributed by atoms with Gasteiger partial charge >= 0.3 is 11.9 Å². The van der Waals surface area contributed by atoms with E-state index >= 15 is 0 Å². The highest BCUT2D eigenvalue weighted by Crippen LogP contribution is 2.34. The Bertz CT molecular complexity index is 546. The van der Waals surface area contributed by atoms with Crippen LogP contribution in [0.15, 0.2) is 8.95 Å². The number of carbonyl (C=O) groups is 2. The molecule has 0 aliphatic carbocycles. The number of hydrogen-bond donors (Lipinski definition) is 1. The highest BCUT2D eigenvalue weighted by Gasteiger charge is 2.30. The van der Waals surface area contributed by atoms with Crippen molar-refractivity contribution in [2.45, 2.75) is 26.4 Å². The van der Waals surface area contributed by atoms with Crippen LogP contribution in [0.1, 0.15) is 41.0 Å². The third-order valence-electron chi connectivity index (χ3n) is 2.56. The maximum Gasteiger partial charge on any atom is 0.342 e. The highest BCUT2D eigenvalue weighted by molar-refractivity contribution is 9.11. The third-order valence-corrected chi connectivity index (χ3v) is 4.05. The van der Waals surface area contributed by atoms with Gasteiger partial charge in [-0.15, -0.1) is 0 Å². The summed E-state index contributed by atoms with van der Waals surface area (Å²) in [7, 11) is 0. The zero-order valence-electron chi connectivity index (χ0n) is 10.5. The Balaban J connectivity index is 3.43. The summed E-state index contributed by atoms with van der Waals surface area (Å²) in [5.41, 5.74) is -1.57. The molecule has 0 bridgehead atoms. The summed E-state index contributed by atoms with van der Waals surface area (Å²) in [6.07, 6.45) is 0.0248. The summed E-state index contributed by atoms with van der Waals surface area (Å²) >= 11 is 5.34. The minimum atomic E-state index is -1.66. The zero-order valence-corrected chi connectivity index (χ0v) is 13.6. The Morgan fingerprint density at radius 1 is 1.20 bits per heavy atom. The first kappa shape index (κ1) is 17.0. The molecule has 1 aromatic rings. The maximum absolute atomic E-state index is 14.1. The van der Waals surface area contributed by atoms with Crippen LogP contribution in [0.5, 0.6) is 0 Å². The summed E-state index contributed by atoms with van der Waals surface area (Å²) in [5, 5.41) is 8.83. The fourth-order valence-electron chi connectivity index (χ4n) is 1.32. The molecular weight excluding hydrogens is 406 g/mol. The zero-order chi connectivity index (χ0) is 15.6. The van der Waals surface area contributed by atoms with Crippen LogP contribution in [0.4, 0.5) is 8.78 Å². The van der Waals surface area contributed by atoms with Crippen molar-refractivity contribution in [3.05, 3.63) is 31.7 Å². The summed E-state index contributed by atoms with van der Waals surface area (Å²) < 4.78 is 31.7. The molecule has 0 aromatic heterocycles. The molecular formula is C12H10Br2F2O4. The molecule has 0 aliphatic rings. The quantitative estimate of drug-likeness (QED) is 0.592. The molecule has 0 spiro atoms. The van der Waals surface area contributed by atoms with Gasteiger partial charge in [-0.05, 0) is 45.2 Å². The molecule has 0 saturated heterocycles. The summed E-state index contributed by atoms with van der Waals surface area (Å²) in [5.74, 6) is -5.16. The average molecular weight is 416 g/mol. The summed E-state index contributed by atoms with van der Waals surface area (Å²) in [6, 6.07) is 0. The fourth-order valence-corrected chi connectivity index (χ4v) is 2.40. The van der Waals surface area contributed by atoms with Crippen LogP contribution in [-0.4, -0.2) is 23.1 Å². The van der Waals surface area contributed by atoms with E-state index in [1.165, 1.54) is 0 Å². The van der Waals surface area contributed by atoms with Gasteiger partial charge in [0.05, 0.1) is 15.0 Å². The van der Waals surface area contributed by atoms with Gasteiger partial charge in [-0.3, -0.25) is 0 Å². The van der Waals surface area contributed by atoms with E-state index in [9.17, 15) is 18.4 Å². The van der Waals surface area contributed by atoms with Crippen molar-refractivity contribution < 1.29 is 28.2 Å². The lowest BCUT2D eigenvalue weighted by molar-refractivity contribution is 0.0326. The lowest BCUT2D eigenvalue weighted by Crippen LogP contribution is -2.18. The molecule has 4 nitrogen and oxygen atoms in total. The molecule has 1 aromatic carbocycles. The number of aromatic carboxylic acids is 1. The van der Waals surface area contributed by atoms with Crippen molar-refractivity contribution in [2.75, 3.05) is 0 Å². The van der Waals surface area contributed by atoms with Crippen LogP contribution < -0.4 is 0 Å². The highest BCUT2D eigenvalue weighted by atomic mass is 79.9. The first-order chi connectivity index (χ1) is 9.22. The molecule has 1 unspecified atom stereocenters. The number of carboxylic acid groups (broad SMARTS) is 1. The lowest BCUT2D eigenvalue weighted by atomic mass is 10.1. The SMILES string of the molecule is CCC(C)OC(=O)c1c(F)c(Br)c(C(=O)O)c(F)c1Br. The standard InChI is InChI=1S/C12H10Br2F2O4/c1-3-4(2)20-12(19)6-8(14)9(15)5(11(17)18)7(13)10(6)16/h4H,3H2,1-2H3,(H,17,18). The van der Waals surface area contributed by atoms with E-state index in [2.05, 4.69) is 31.9 Å². The number of benzene rings is 1. The van der Waals surface area contributed by atoms with Gasteiger partial charge in [-0.2, -0.15) is 0 Å². The second-order valence-electron chi connectivity index (χ2n) is 3.94. The molecule has 0 aliphatic heterocycles. The second-order valence-corrected chi connectivity index (χ2v) is 5.52. The smallest absolute Gasteiger partial charge is 0.342 e. The van der Waals surface area contributed by atoms with E-state index in [0.717, 1.165) is 0 Å². The average Bonchev–Trinajstić information content (AvgIpc) is 2.36. The Labute approximate surface area is 130 Å². The predicted octanol–water partition coefficient (Wildman–Crippen LogP) is 4.14. The van der Waals surface area contributed by atoms with Crippen molar-refractivity contribution in [1.82, 2.24) is 0 Å². The van der Waals surface area contributed by atoms with Crippen LogP contribution in [0.3, 0.4) is 0 Å². The Morgan fingerprint density at radius 3 is 2.10 bits per heavy atom. The van der Waals surface area contributed by atoms with E-state index in [0.29, 0.717) is 6.42 Å². The first-order valence-electron chi connectivity index (χ1n) is 5.52. The van der Waals surface area contributed by atoms with Crippen molar-refractivity contribution in [3.8, 4) is 0 Å². The van der Waals surface area contributed by atoms with Crippen LogP contribution >= 0.6 is 31.9 Å². The first-order valence-corrected chi connectivity index (χ1v) is 7.11. The summed E-state index contributed by atoms with van der Waals surface area (Å²) in [4.78, 5) is 22.7. The number of ether oxygens (including phenoxy) is 1. The van der Waals surface area contributed by atoms with E-state index in [4.69, 9.17) is 9.84 Å². The van der Waals surface area contributed by atoms with E-state index in [-0.39, 0.29) is 0 Å². The van der Waals surface area contributed by atoms with Crippen molar-refractivity contribution >= 4 is 43.8 Å². The van der Waals surface area contributed by atoms with Gasteiger partial charge in [0.15, 0.2) is 11.6 Å².